The number of ether oxygens (including phenoxy) is 1. The molecule has 2 heteroatoms. The highest BCUT2D eigenvalue weighted by Crippen LogP contribution is 2.37. The Morgan fingerprint density at radius 1 is 0.905 bits per heavy atom. The van der Waals surface area contributed by atoms with Crippen LogP contribution in [0.2, 0.25) is 0 Å². The lowest BCUT2D eigenvalue weighted by Gasteiger charge is -2.41. The van der Waals surface area contributed by atoms with Gasteiger partial charge in [0.05, 0.1) is 11.7 Å². The van der Waals surface area contributed by atoms with E-state index in [0.717, 1.165) is 24.4 Å². The molecule has 3 aliphatic rings. The van der Waals surface area contributed by atoms with Crippen molar-refractivity contribution in [3.8, 4) is 0 Å². The minimum atomic E-state index is 0.153. The molecular weight excluding hydrogens is 258 g/mol. The smallest absolute Gasteiger partial charge is 0.0810 e. The summed E-state index contributed by atoms with van der Waals surface area (Å²) >= 11 is 0. The Morgan fingerprint density at radius 2 is 1.52 bits per heavy atom. The fourth-order valence-electron chi connectivity index (χ4n) is 4.65. The van der Waals surface area contributed by atoms with Gasteiger partial charge in [-0.3, -0.25) is 0 Å². The zero-order valence-corrected chi connectivity index (χ0v) is 14.2. The second-order valence-corrected chi connectivity index (χ2v) is 8.41. The van der Waals surface area contributed by atoms with Crippen LogP contribution in [-0.2, 0) is 4.74 Å². The molecular formula is C19H35NO. The van der Waals surface area contributed by atoms with Crippen LogP contribution in [0.15, 0.2) is 0 Å². The molecule has 3 aliphatic carbocycles. The zero-order valence-electron chi connectivity index (χ0n) is 14.2. The van der Waals surface area contributed by atoms with Gasteiger partial charge in [0.15, 0.2) is 0 Å². The maximum absolute atomic E-state index is 6.86. The van der Waals surface area contributed by atoms with E-state index in [9.17, 15) is 0 Å². The van der Waals surface area contributed by atoms with E-state index in [1.807, 2.05) is 0 Å². The normalized spacial score (nSPS) is 37.1. The minimum absolute atomic E-state index is 0.153. The van der Waals surface area contributed by atoms with E-state index in [4.69, 9.17) is 4.74 Å². The van der Waals surface area contributed by atoms with Crippen LogP contribution in [0.5, 0.6) is 0 Å². The molecule has 0 aromatic rings. The quantitative estimate of drug-likeness (QED) is 0.744. The average molecular weight is 293 g/mol. The molecule has 0 aliphatic heterocycles. The van der Waals surface area contributed by atoms with E-state index in [1.54, 1.807) is 0 Å². The molecule has 0 radical (unpaired) electrons. The Kier molecular flexibility index (Phi) is 5.27. The monoisotopic (exact) mass is 293 g/mol. The van der Waals surface area contributed by atoms with Gasteiger partial charge in [-0.2, -0.15) is 0 Å². The minimum Gasteiger partial charge on any atom is -0.370 e. The van der Waals surface area contributed by atoms with Crippen LogP contribution in [-0.4, -0.2) is 24.3 Å². The lowest BCUT2D eigenvalue weighted by atomic mass is 9.81. The van der Waals surface area contributed by atoms with Crippen LogP contribution in [0.1, 0.15) is 84.5 Å². The molecule has 3 saturated carbocycles. The van der Waals surface area contributed by atoms with Gasteiger partial charge in [-0.25, -0.2) is 0 Å². The Balaban J connectivity index is 1.61. The van der Waals surface area contributed by atoms with E-state index in [0.29, 0.717) is 6.10 Å². The molecule has 0 amide bonds. The second kappa shape index (κ2) is 7.00. The van der Waals surface area contributed by atoms with Crippen LogP contribution in [0.4, 0.5) is 0 Å². The van der Waals surface area contributed by atoms with Gasteiger partial charge in [-0.1, -0.05) is 39.5 Å². The second-order valence-electron chi connectivity index (χ2n) is 8.41. The third kappa shape index (κ3) is 4.69. The van der Waals surface area contributed by atoms with Crippen molar-refractivity contribution in [1.82, 2.24) is 5.32 Å². The van der Waals surface area contributed by atoms with E-state index in [-0.39, 0.29) is 5.60 Å². The van der Waals surface area contributed by atoms with Crippen LogP contribution in [0.25, 0.3) is 0 Å². The SMILES string of the molecule is CC1CC(C)CC(OC2(CNC3CC3)CCCCCC2)C1. The Hall–Kier alpha value is -0.0800. The highest BCUT2D eigenvalue weighted by molar-refractivity contribution is 4.92. The van der Waals surface area contributed by atoms with E-state index < -0.39 is 0 Å². The van der Waals surface area contributed by atoms with E-state index in [2.05, 4.69) is 19.2 Å². The molecule has 3 rings (SSSR count). The predicted molar refractivity (Wildman–Crippen MR) is 88.5 cm³/mol. The van der Waals surface area contributed by atoms with E-state index >= 15 is 0 Å². The molecule has 0 saturated heterocycles. The van der Waals surface area contributed by atoms with Crippen molar-refractivity contribution in [1.29, 1.82) is 0 Å². The fourth-order valence-corrected chi connectivity index (χ4v) is 4.65. The van der Waals surface area contributed by atoms with Crippen molar-refractivity contribution in [2.75, 3.05) is 6.54 Å². The summed E-state index contributed by atoms with van der Waals surface area (Å²) in [5, 5.41) is 3.78. The highest BCUT2D eigenvalue weighted by Gasteiger charge is 2.37. The molecule has 0 aromatic heterocycles. The van der Waals surface area contributed by atoms with Crippen molar-refractivity contribution in [3.63, 3.8) is 0 Å². The van der Waals surface area contributed by atoms with Gasteiger partial charge in [0, 0.05) is 12.6 Å². The van der Waals surface area contributed by atoms with Crippen LogP contribution >= 0.6 is 0 Å². The van der Waals surface area contributed by atoms with Gasteiger partial charge in [0.25, 0.3) is 0 Å². The van der Waals surface area contributed by atoms with Crippen molar-refractivity contribution in [2.45, 2.75) is 102 Å². The topological polar surface area (TPSA) is 21.3 Å². The van der Waals surface area contributed by atoms with Crippen molar-refractivity contribution < 1.29 is 4.74 Å². The standard InChI is InChI=1S/C19H35NO/c1-15-11-16(2)13-18(12-15)21-19(14-20-17-7-8-17)9-5-3-4-6-10-19/h15-18,20H,3-14H2,1-2H3. The summed E-state index contributed by atoms with van der Waals surface area (Å²) in [6.45, 7) is 5.93. The molecule has 0 aromatic carbocycles. The van der Waals surface area contributed by atoms with Crippen LogP contribution in [0, 0.1) is 11.8 Å². The maximum Gasteiger partial charge on any atom is 0.0810 e. The molecule has 2 nitrogen and oxygen atoms in total. The first kappa shape index (κ1) is 15.8. The summed E-state index contributed by atoms with van der Waals surface area (Å²) in [5.41, 5.74) is 0.153. The van der Waals surface area contributed by atoms with Gasteiger partial charge in [0.1, 0.15) is 0 Å². The van der Waals surface area contributed by atoms with Crippen LogP contribution in [0.3, 0.4) is 0 Å². The van der Waals surface area contributed by atoms with Gasteiger partial charge in [-0.15, -0.1) is 0 Å². The first-order valence-electron chi connectivity index (χ1n) is 9.56. The highest BCUT2D eigenvalue weighted by atomic mass is 16.5. The van der Waals surface area contributed by atoms with Crippen molar-refractivity contribution >= 4 is 0 Å². The summed E-state index contributed by atoms with van der Waals surface area (Å²) in [6, 6.07) is 0.804. The maximum atomic E-state index is 6.86. The number of rotatable bonds is 5. The summed E-state index contributed by atoms with van der Waals surface area (Å²) in [6.07, 6.45) is 15.4. The third-order valence-electron chi connectivity index (χ3n) is 5.86. The van der Waals surface area contributed by atoms with E-state index in [1.165, 1.54) is 70.6 Å². The first-order chi connectivity index (χ1) is 10.2. The number of nitrogens with one attached hydrogen (secondary N) is 1. The molecule has 0 bridgehead atoms. The third-order valence-corrected chi connectivity index (χ3v) is 5.86. The van der Waals surface area contributed by atoms with Gasteiger partial charge in [0.2, 0.25) is 0 Å². The lowest BCUT2D eigenvalue weighted by Crippen LogP contribution is -2.47. The van der Waals surface area contributed by atoms with Crippen LogP contribution < -0.4 is 5.32 Å². The summed E-state index contributed by atoms with van der Waals surface area (Å²) < 4.78 is 6.86. The molecule has 2 atom stereocenters. The van der Waals surface area contributed by atoms with Gasteiger partial charge >= 0.3 is 0 Å². The Morgan fingerprint density at radius 3 is 2.10 bits per heavy atom. The van der Waals surface area contributed by atoms with Gasteiger partial charge in [-0.05, 0) is 56.8 Å². The fraction of sp³-hybridized carbons (Fsp3) is 1.00. The molecule has 21 heavy (non-hydrogen) atoms. The summed E-state index contributed by atoms with van der Waals surface area (Å²) in [4.78, 5) is 0. The summed E-state index contributed by atoms with van der Waals surface area (Å²) in [5.74, 6) is 1.69. The van der Waals surface area contributed by atoms with Crippen molar-refractivity contribution in [2.24, 2.45) is 11.8 Å². The molecule has 2 unspecified atom stereocenters. The zero-order chi connectivity index (χ0) is 14.7. The number of hydrogen-bond donors (Lipinski definition) is 1. The lowest BCUT2D eigenvalue weighted by molar-refractivity contribution is -0.123. The van der Waals surface area contributed by atoms with Crippen molar-refractivity contribution in [3.05, 3.63) is 0 Å². The average Bonchev–Trinajstić information content (AvgIpc) is 3.23. The molecule has 1 N–H and O–H groups in total. The number of hydrogen-bond acceptors (Lipinski definition) is 2. The van der Waals surface area contributed by atoms with Gasteiger partial charge < -0.3 is 10.1 Å². The largest absolute Gasteiger partial charge is 0.370 e. The molecule has 0 heterocycles. The predicted octanol–water partition coefficient (Wildman–Crippen LogP) is 4.67. The Labute approximate surface area is 131 Å². The summed E-state index contributed by atoms with van der Waals surface area (Å²) in [7, 11) is 0. The Bertz CT molecular complexity index is 308. The molecule has 3 fully saturated rings. The first-order valence-corrected chi connectivity index (χ1v) is 9.56. The molecule has 122 valence electrons. The molecule has 0 spiro atoms.